The third-order valence-corrected chi connectivity index (χ3v) is 6.63. The molecule has 0 saturated carbocycles. The van der Waals surface area contributed by atoms with Gasteiger partial charge in [0.05, 0.1) is 26.5 Å². The number of rotatable bonds is 6. The first kappa shape index (κ1) is 41.7. The van der Waals surface area contributed by atoms with Gasteiger partial charge in [-0.1, -0.05) is 33.3 Å². The molecule has 41 heavy (non-hydrogen) atoms. The van der Waals surface area contributed by atoms with Gasteiger partial charge < -0.3 is 16.8 Å². The summed E-state index contributed by atoms with van der Waals surface area (Å²) in [6.45, 7) is 11.0. The third kappa shape index (κ3) is 15.6. The Bertz CT molecular complexity index is 1020. The van der Waals surface area contributed by atoms with Gasteiger partial charge in [-0.05, 0) is 48.6 Å². The van der Waals surface area contributed by atoms with Crippen molar-refractivity contribution in [2.75, 3.05) is 24.7 Å². The van der Waals surface area contributed by atoms with Gasteiger partial charge in [0, 0.05) is 13.2 Å². The summed E-state index contributed by atoms with van der Waals surface area (Å²) in [4.78, 5) is 9.62. The Morgan fingerprint density at radius 1 is 0.878 bits per heavy atom. The molecule has 3 rings (SSSR count). The molecular weight excluding hydrogens is 595 g/mol. The van der Waals surface area contributed by atoms with E-state index in [2.05, 4.69) is 13.8 Å². The van der Waals surface area contributed by atoms with Crippen molar-refractivity contribution in [2.24, 2.45) is 0 Å². The SMILES string of the molecule is C1CCOC1.CCSc1c(C(F)(F)F)ccc(C(=O)O)c1F.CCSc1c(F)cccc1C(F)(F)F.[CH2-]CCC.[Li+]. The second-order valence-electron chi connectivity index (χ2n) is 7.76. The van der Waals surface area contributed by atoms with Crippen LogP contribution in [0.25, 0.3) is 0 Å². The van der Waals surface area contributed by atoms with E-state index in [1.807, 2.05) is 0 Å². The first-order valence-electron chi connectivity index (χ1n) is 12.3. The largest absolute Gasteiger partial charge is 1.00 e. The van der Waals surface area contributed by atoms with Crippen molar-refractivity contribution in [1.82, 2.24) is 0 Å². The van der Waals surface area contributed by atoms with E-state index in [0.29, 0.717) is 29.6 Å². The zero-order valence-corrected chi connectivity index (χ0v) is 25.0. The van der Waals surface area contributed by atoms with Gasteiger partial charge >= 0.3 is 37.2 Å². The van der Waals surface area contributed by atoms with Crippen LogP contribution in [0.2, 0.25) is 0 Å². The van der Waals surface area contributed by atoms with Crippen molar-refractivity contribution < 1.29 is 68.6 Å². The van der Waals surface area contributed by atoms with Gasteiger partial charge in [0.15, 0.2) is 5.82 Å². The minimum absolute atomic E-state index is 0. The molecule has 0 aromatic heterocycles. The maximum absolute atomic E-state index is 13.6. The standard InChI is InChI=1S/C10H8F4O2S.C9H8F4S.C4H8O.C4H9.Li/c1-2-17-8-6(10(12,13)14)4-3-5(7(8)11)9(15)16;1-2-14-8-6(9(11,12)13)4-3-5-7(8)10;1-2-4-5-3-1;1-3-4-2;/h3-4H,2H2,1H3,(H,15,16);3-5H,2H2,1H3;1-4H2;1,3-4H2,2H3;/q;;;-1;+1. The molecule has 1 saturated heterocycles. The summed E-state index contributed by atoms with van der Waals surface area (Å²) in [6, 6.07) is 4.21. The van der Waals surface area contributed by atoms with Gasteiger partial charge in [0.2, 0.25) is 0 Å². The average molecular weight is 629 g/mol. The topological polar surface area (TPSA) is 46.5 Å². The molecule has 1 aliphatic rings. The molecule has 1 aliphatic heterocycles. The van der Waals surface area contributed by atoms with Crippen LogP contribution in [-0.2, 0) is 17.1 Å². The molecule has 1 fully saturated rings. The number of hydrogen-bond donors (Lipinski definition) is 1. The number of ether oxygens (including phenoxy) is 1. The molecule has 0 radical (unpaired) electrons. The summed E-state index contributed by atoms with van der Waals surface area (Å²) < 4.78 is 106. The molecule has 0 amide bonds. The molecule has 2 aromatic rings. The number of hydrogen-bond acceptors (Lipinski definition) is 4. The van der Waals surface area contributed by atoms with Gasteiger partial charge in [-0.3, -0.25) is 0 Å². The van der Waals surface area contributed by atoms with E-state index in [-0.39, 0.29) is 29.5 Å². The van der Waals surface area contributed by atoms with Crippen molar-refractivity contribution in [3.8, 4) is 0 Å². The Morgan fingerprint density at radius 2 is 1.34 bits per heavy atom. The van der Waals surface area contributed by atoms with Crippen molar-refractivity contribution in [3.63, 3.8) is 0 Å². The number of aromatic carboxylic acids is 1. The van der Waals surface area contributed by atoms with Gasteiger partial charge in [-0.2, -0.15) is 32.8 Å². The van der Waals surface area contributed by atoms with Crippen LogP contribution in [0, 0.1) is 18.6 Å². The second kappa shape index (κ2) is 21.3. The number of unbranched alkanes of at least 4 members (excludes halogenated alkanes) is 1. The number of thioether (sulfide) groups is 2. The number of benzene rings is 2. The van der Waals surface area contributed by atoms with Crippen molar-refractivity contribution >= 4 is 29.5 Å². The van der Waals surface area contributed by atoms with Crippen LogP contribution < -0.4 is 18.9 Å². The third-order valence-electron chi connectivity index (χ3n) is 4.66. The zero-order chi connectivity index (χ0) is 30.9. The number of carboxylic acids is 1. The van der Waals surface area contributed by atoms with E-state index < -0.39 is 51.5 Å². The van der Waals surface area contributed by atoms with E-state index in [4.69, 9.17) is 9.84 Å². The van der Waals surface area contributed by atoms with Crippen LogP contribution in [0.5, 0.6) is 0 Å². The Hall–Kier alpha value is -1.39. The fourth-order valence-corrected chi connectivity index (χ4v) is 4.46. The second-order valence-corrected chi connectivity index (χ2v) is 10.3. The maximum Gasteiger partial charge on any atom is 1.00 e. The molecular formula is C27H33F8LiO3S2. The van der Waals surface area contributed by atoms with Crippen molar-refractivity contribution in [3.05, 3.63) is 65.6 Å². The Balaban J connectivity index is 0. The molecule has 3 nitrogen and oxygen atoms in total. The summed E-state index contributed by atoms with van der Waals surface area (Å²) in [5.74, 6) is -3.12. The molecule has 228 valence electrons. The molecule has 14 heteroatoms. The quantitative estimate of drug-likeness (QED) is 0.161. The number of halogens is 8. The number of carboxylic acid groups (broad SMARTS) is 1. The van der Waals surface area contributed by atoms with Crippen molar-refractivity contribution in [2.45, 2.75) is 68.6 Å². The summed E-state index contributed by atoms with van der Waals surface area (Å²) in [6.07, 6.45) is -4.35. The van der Waals surface area contributed by atoms with Crippen molar-refractivity contribution in [1.29, 1.82) is 0 Å². The van der Waals surface area contributed by atoms with E-state index in [0.717, 1.165) is 49.6 Å². The number of carbonyl (C=O) groups is 1. The molecule has 2 aromatic carbocycles. The van der Waals surface area contributed by atoms with Gasteiger partial charge in [-0.15, -0.1) is 23.5 Å². The molecule has 0 aliphatic carbocycles. The Morgan fingerprint density at radius 3 is 1.71 bits per heavy atom. The smallest absolute Gasteiger partial charge is 0.478 e. The average Bonchev–Trinajstić information content (AvgIpc) is 3.46. The van der Waals surface area contributed by atoms with Crippen LogP contribution in [0.15, 0.2) is 40.1 Å². The summed E-state index contributed by atoms with van der Waals surface area (Å²) in [7, 11) is 0. The predicted molar refractivity (Wildman–Crippen MR) is 143 cm³/mol. The molecule has 0 bridgehead atoms. The zero-order valence-electron chi connectivity index (χ0n) is 23.4. The monoisotopic (exact) mass is 628 g/mol. The minimum atomic E-state index is -4.70. The Kier molecular flexibility index (Phi) is 21.7. The number of alkyl halides is 6. The summed E-state index contributed by atoms with van der Waals surface area (Å²) in [5.41, 5.74) is -2.80. The van der Waals surface area contributed by atoms with E-state index in [1.165, 1.54) is 19.3 Å². The Labute approximate surface area is 256 Å². The predicted octanol–water partition coefficient (Wildman–Crippen LogP) is 7.03. The van der Waals surface area contributed by atoms with Gasteiger partial charge in [-0.25, -0.2) is 13.6 Å². The summed E-state index contributed by atoms with van der Waals surface area (Å²) in [5, 5.41) is 8.62. The van der Waals surface area contributed by atoms with Gasteiger partial charge in [0.1, 0.15) is 5.82 Å². The molecule has 0 spiro atoms. The minimum Gasteiger partial charge on any atom is -0.478 e. The molecule has 1 N–H and O–H groups in total. The first-order chi connectivity index (χ1) is 18.7. The van der Waals surface area contributed by atoms with Crippen LogP contribution in [-0.4, -0.2) is 35.8 Å². The fourth-order valence-electron chi connectivity index (χ4n) is 2.76. The fraction of sp³-hybridized carbons (Fsp3) is 0.481. The van der Waals surface area contributed by atoms with E-state index >= 15 is 0 Å². The van der Waals surface area contributed by atoms with E-state index in [1.54, 1.807) is 13.8 Å². The van der Waals surface area contributed by atoms with Crippen LogP contribution in [0.1, 0.15) is 67.9 Å². The van der Waals surface area contributed by atoms with Crippen LogP contribution >= 0.6 is 23.5 Å². The summed E-state index contributed by atoms with van der Waals surface area (Å²) >= 11 is 1.49. The van der Waals surface area contributed by atoms with Crippen LogP contribution in [0.3, 0.4) is 0 Å². The van der Waals surface area contributed by atoms with E-state index in [9.17, 15) is 39.9 Å². The molecule has 0 atom stereocenters. The first-order valence-corrected chi connectivity index (χ1v) is 14.2. The van der Waals surface area contributed by atoms with Crippen LogP contribution in [0.4, 0.5) is 35.1 Å². The normalized spacial score (nSPS) is 12.5. The maximum atomic E-state index is 13.6. The van der Waals surface area contributed by atoms with Gasteiger partial charge in [0.25, 0.3) is 0 Å². The molecule has 1 heterocycles. The molecule has 0 unspecified atom stereocenters.